The van der Waals surface area contributed by atoms with Crippen LogP contribution in [-0.4, -0.2) is 22.8 Å². The predicted octanol–water partition coefficient (Wildman–Crippen LogP) is 3.27. The predicted molar refractivity (Wildman–Crippen MR) is 106 cm³/mol. The van der Waals surface area contributed by atoms with Crippen molar-refractivity contribution in [1.29, 1.82) is 5.26 Å². The Kier molecular flexibility index (Phi) is 3.93. The first-order valence-corrected chi connectivity index (χ1v) is 8.68. The van der Waals surface area contributed by atoms with Crippen LogP contribution in [0, 0.1) is 23.2 Å². The zero-order chi connectivity index (χ0) is 19.1. The first kappa shape index (κ1) is 16.9. The molecule has 6 heteroatoms. The van der Waals surface area contributed by atoms with Gasteiger partial charge in [0.2, 0.25) is 5.91 Å². The zero-order valence-corrected chi connectivity index (χ0v) is 14.9. The molecule has 2 aliphatic rings. The van der Waals surface area contributed by atoms with Crippen molar-refractivity contribution in [2.24, 2.45) is 11.8 Å². The van der Waals surface area contributed by atoms with Crippen LogP contribution < -0.4 is 11.1 Å². The van der Waals surface area contributed by atoms with Gasteiger partial charge in [0.25, 0.3) is 0 Å². The van der Waals surface area contributed by atoms with Gasteiger partial charge in [-0.2, -0.15) is 5.26 Å². The summed E-state index contributed by atoms with van der Waals surface area (Å²) in [7, 11) is 1.97. The monoisotopic (exact) mass is 357 g/mol. The lowest BCUT2D eigenvalue weighted by atomic mass is 10.0. The molecule has 2 atom stereocenters. The normalized spacial score (nSPS) is 21.0. The Morgan fingerprint density at radius 1 is 1.44 bits per heavy atom. The van der Waals surface area contributed by atoms with E-state index in [9.17, 15) is 4.79 Å². The van der Waals surface area contributed by atoms with Gasteiger partial charge in [-0.15, -0.1) is 0 Å². The molecule has 1 amide bonds. The topological polar surface area (TPSA) is 95.0 Å². The molecule has 1 fully saturated rings. The molecule has 1 unspecified atom stereocenters. The number of carbonyl (C=O) groups excluding carboxylic acids is 1. The van der Waals surface area contributed by atoms with Crippen LogP contribution in [0.1, 0.15) is 12.0 Å². The van der Waals surface area contributed by atoms with Crippen molar-refractivity contribution in [3.05, 3.63) is 60.5 Å². The molecule has 1 aromatic heterocycles. The third-order valence-electron chi connectivity index (χ3n) is 4.92. The molecule has 1 aliphatic carbocycles. The van der Waals surface area contributed by atoms with Crippen LogP contribution in [0.15, 0.2) is 54.9 Å². The summed E-state index contributed by atoms with van der Waals surface area (Å²) in [6.07, 6.45) is 8.18. The van der Waals surface area contributed by atoms with Crippen molar-refractivity contribution < 1.29 is 4.79 Å². The van der Waals surface area contributed by atoms with Crippen LogP contribution in [-0.2, 0) is 4.79 Å². The van der Waals surface area contributed by atoms with Crippen molar-refractivity contribution in [2.75, 3.05) is 18.1 Å². The SMILES string of the molecule is C=C1C=CN(C)C(c2cc(N)c3cnc(NC(=O)[C@@H]4CC4C#N)cc3c2)=C1. The van der Waals surface area contributed by atoms with Gasteiger partial charge in [-0.05, 0) is 47.7 Å². The molecule has 3 N–H and O–H groups in total. The van der Waals surface area contributed by atoms with E-state index >= 15 is 0 Å². The van der Waals surface area contributed by atoms with E-state index in [0.717, 1.165) is 27.6 Å². The van der Waals surface area contributed by atoms with Crippen molar-refractivity contribution in [3.8, 4) is 6.07 Å². The lowest BCUT2D eigenvalue weighted by Gasteiger charge is -2.23. The highest BCUT2D eigenvalue weighted by molar-refractivity contribution is 5.99. The van der Waals surface area contributed by atoms with Gasteiger partial charge in [0, 0.05) is 41.8 Å². The zero-order valence-electron chi connectivity index (χ0n) is 14.9. The highest BCUT2D eigenvalue weighted by Crippen LogP contribution is 2.38. The minimum Gasteiger partial charge on any atom is -0.398 e. The van der Waals surface area contributed by atoms with E-state index in [1.807, 2.05) is 48.5 Å². The molecule has 4 rings (SSSR count). The standard InChI is InChI=1S/C21H19N5O/c1-12-3-4-26(2)19(5-12)14-6-13-9-20(24-11-17(13)18(23)8-14)25-21(27)16-7-15(16)10-22/h3-6,8-9,11,15-16H,1,7,23H2,2H3,(H,24,25,27)/t15?,16-/m1/s1. The van der Waals surface area contributed by atoms with Crippen LogP contribution in [0.5, 0.6) is 0 Å². The highest BCUT2D eigenvalue weighted by Gasteiger charge is 2.43. The molecule has 1 saturated carbocycles. The number of fused-ring (bicyclic) bond motifs is 1. The Labute approximate surface area is 157 Å². The number of nitrogens with one attached hydrogen (secondary N) is 1. The molecule has 134 valence electrons. The molecule has 0 spiro atoms. The first-order valence-electron chi connectivity index (χ1n) is 8.68. The number of anilines is 2. The molecule has 1 aromatic carbocycles. The number of hydrogen-bond donors (Lipinski definition) is 2. The number of pyridine rings is 1. The average Bonchev–Trinajstić information content (AvgIpc) is 3.43. The Balaban J connectivity index is 1.67. The van der Waals surface area contributed by atoms with E-state index in [4.69, 9.17) is 11.0 Å². The second-order valence-electron chi connectivity index (χ2n) is 6.95. The van der Waals surface area contributed by atoms with Crippen LogP contribution in [0.3, 0.4) is 0 Å². The second kappa shape index (κ2) is 6.29. The second-order valence-corrected chi connectivity index (χ2v) is 6.95. The van der Waals surface area contributed by atoms with Crippen molar-refractivity contribution >= 4 is 33.9 Å². The molecule has 2 heterocycles. The smallest absolute Gasteiger partial charge is 0.230 e. The fraction of sp³-hybridized carbons (Fsp3) is 0.190. The molecular weight excluding hydrogens is 338 g/mol. The molecule has 2 aromatic rings. The molecule has 27 heavy (non-hydrogen) atoms. The summed E-state index contributed by atoms with van der Waals surface area (Å²) in [5.74, 6) is -0.109. The largest absolute Gasteiger partial charge is 0.398 e. The Morgan fingerprint density at radius 2 is 2.26 bits per heavy atom. The number of amides is 1. The number of carbonyl (C=O) groups is 1. The van der Waals surface area contributed by atoms with Gasteiger partial charge in [0.05, 0.1) is 17.9 Å². The van der Waals surface area contributed by atoms with Gasteiger partial charge >= 0.3 is 0 Å². The number of hydrogen-bond acceptors (Lipinski definition) is 5. The molecule has 6 nitrogen and oxygen atoms in total. The quantitative estimate of drug-likeness (QED) is 0.822. The maximum absolute atomic E-state index is 12.2. The molecule has 0 saturated heterocycles. The molecule has 1 aliphatic heterocycles. The summed E-state index contributed by atoms with van der Waals surface area (Å²) in [6, 6.07) is 7.87. The number of nitrogens with zero attached hydrogens (tertiary/aromatic N) is 3. The Morgan fingerprint density at radius 3 is 3.00 bits per heavy atom. The number of aromatic nitrogens is 1. The first-order chi connectivity index (χ1) is 13.0. The van der Waals surface area contributed by atoms with Crippen LogP contribution in [0.25, 0.3) is 16.5 Å². The minimum absolute atomic E-state index is 0.159. The highest BCUT2D eigenvalue weighted by atomic mass is 16.2. The number of nitrogens with two attached hydrogens (primary N) is 1. The number of allylic oxidation sites excluding steroid dienone is 3. The lowest BCUT2D eigenvalue weighted by Crippen LogP contribution is -2.15. The summed E-state index contributed by atoms with van der Waals surface area (Å²) in [5.41, 5.74) is 9.73. The van der Waals surface area contributed by atoms with Crippen molar-refractivity contribution in [2.45, 2.75) is 6.42 Å². The molecular formula is C21H19N5O. The van der Waals surface area contributed by atoms with E-state index in [-0.39, 0.29) is 17.7 Å². The third-order valence-corrected chi connectivity index (χ3v) is 4.92. The number of rotatable bonds is 3. The van der Waals surface area contributed by atoms with Gasteiger partial charge in [0.1, 0.15) is 5.82 Å². The fourth-order valence-electron chi connectivity index (χ4n) is 3.25. The average molecular weight is 357 g/mol. The van der Waals surface area contributed by atoms with Crippen LogP contribution in [0.2, 0.25) is 0 Å². The number of nitrogen functional groups attached to an aromatic ring is 1. The Hall–Kier alpha value is -3.59. The molecule has 0 radical (unpaired) electrons. The van der Waals surface area contributed by atoms with Gasteiger partial charge in [-0.25, -0.2) is 4.98 Å². The van der Waals surface area contributed by atoms with Gasteiger partial charge < -0.3 is 16.0 Å². The van der Waals surface area contributed by atoms with E-state index in [2.05, 4.69) is 22.9 Å². The fourth-order valence-corrected chi connectivity index (χ4v) is 3.25. The molecule has 0 bridgehead atoms. The lowest BCUT2D eigenvalue weighted by molar-refractivity contribution is -0.117. The number of benzene rings is 1. The Bertz CT molecular complexity index is 1080. The third kappa shape index (κ3) is 3.15. The van der Waals surface area contributed by atoms with Crippen molar-refractivity contribution in [1.82, 2.24) is 9.88 Å². The van der Waals surface area contributed by atoms with E-state index < -0.39 is 0 Å². The van der Waals surface area contributed by atoms with Gasteiger partial charge in [-0.3, -0.25) is 4.79 Å². The van der Waals surface area contributed by atoms with Crippen LogP contribution in [0.4, 0.5) is 11.5 Å². The van der Waals surface area contributed by atoms with E-state index in [1.54, 1.807) is 6.20 Å². The van der Waals surface area contributed by atoms with Crippen molar-refractivity contribution in [3.63, 3.8) is 0 Å². The van der Waals surface area contributed by atoms with Gasteiger partial charge in [0.15, 0.2) is 0 Å². The summed E-state index contributed by atoms with van der Waals surface area (Å²) in [6.45, 7) is 3.99. The minimum atomic E-state index is -0.234. The summed E-state index contributed by atoms with van der Waals surface area (Å²) >= 11 is 0. The maximum atomic E-state index is 12.2. The van der Waals surface area contributed by atoms with E-state index in [1.165, 1.54) is 0 Å². The van der Waals surface area contributed by atoms with Crippen LogP contribution >= 0.6 is 0 Å². The van der Waals surface area contributed by atoms with Gasteiger partial charge in [-0.1, -0.05) is 6.58 Å². The van der Waals surface area contributed by atoms with E-state index in [0.29, 0.717) is 17.9 Å². The maximum Gasteiger partial charge on any atom is 0.230 e. The number of nitriles is 1. The summed E-state index contributed by atoms with van der Waals surface area (Å²) in [5, 5.41) is 13.4. The summed E-state index contributed by atoms with van der Waals surface area (Å²) < 4.78 is 0. The summed E-state index contributed by atoms with van der Waals surface area (Å²) in [4.78, 5) is 18.5.